The number of ether oxygens (including phenoxy) is 1. The van der Waals surface area contributed by atoms with Gasteiger partial charge in [-0.3, -0.25) is 0 Å². The van der Waals surface area contributed by atoms with Gasteiger partial charge >= 0.3 is 0 Å². The number of aryl methyl sites for hydroxylation is 1. The van der Waals surface area contributed by atoms with Gasteiger partial charge in [0.25, 0.3) is 0 Å². The molecule has 2 N–H and O–H groups in total. The Morgan fingerprint density at radius 1 is 1.41 bits per heavy atom. The van der Waals surface area contributed by atoms with Gasteiger partial charge in [0.05, 0.1) is 13.2 Å². The zero-order valence-electron chi connectivity index (χ0n) is 10.1. The summed E-state index contributed by atoms with van der Waals surface area (Å²) in [5, 5.41) is 4.22. The van der Waals surface area contributed by atoms with Crippen LogP contribution in [-0.4, -0.2) is 21.4 Å². The molecule has 0 fully saturated rings. The summed E-state index contributed by atoms with van der Waals surface area (Å²) in [5.41, 5.74) is 6.50. The van der Waals surface area contributed by atoms with E-state index in [1.165, 1.54) is 0 Å². The third kappa shape index (κ3) is 2.45. The summed E-state index contributed by atoms with van der Waals surface area (Å²) in [6.07, 6.45) is 0. The van der Waals surface area contributed by atoms with Crippen molar-refractivity contribution in [2.45, 2.75) is 13.5 Å². The molecule has 0 saturated carbocycles. The molecule has 0 atom stereocenters. The predicted molar refractivity (Wildman–Crippen MR) is 65.5 cm³/mol. The third-order valence-electron chi connectivity index (χ3n) is 2.39. The van der Waals surface area contributed by atoms with Crippen molar-refractivity contribution >= 4 is 0 Å². The number of aromatic nitrogens is 3. The molecule has 0 amide bonds. The van der Waals surface area contributed by atoms with Crippen LogP contribution in [0.4, 0.5) is 0 Å². The van der Waals surface area contributed by atoms with E-state index >= 15 is 0 Å². The van der Waals surface area contributed by atoms with E-state index in [0.717, 1.165) is 17.1 Å². The molecular formula is C12H16N4O. The lowest BCUT2D eigenvalue weighted by atomic mass is 10.2. The maximum Gasteiger partial charge on any atom is 0.164 e. The minimum absolute atomic E-state index is 0.346. The highest BCUT2D eigenvalue weighted by molar-refractivity contribution is 5.57. The van der Waals surface area contributed by atoms with E-state index in [2.05, 4.69) is 10.1 Å². The molecule has 0 aliphatic carbocycles. The van der Waals surface area contributed by atoms with Crippen LogP contribution in [-0.2, 0) is 13.6 Å². The van der Waals surface area contributed by atoms with Gasteiger partial charge in [-0.05, 0) is 19.1 Å². The van der Waals surface area contributed by atoms with Crippen molar-refractivity contribution in [3.63, 3.8) is 0 Å². The lowest BCUT2D eigenvalue weighted by molar-refractivity contribution is 0.340. The molecule has 0 spiro atoms. The van der Waals surface area contributed by atoms with Crippen LogP contribution in [0.2, 0.25) is 0 Å². The highest BCUT2D eigenvalue weighted by Gasteiger charge is 2.08. The summed E-state index contributed by atoms with van der Waals surface area (Å²) in [7, 11) is 1.86. The summed E-state index contributed by atoms with van der Waals surface area (Å²) >= 11 is 0. The van der Waals surface area contributed by atoms with Crippen LogP contribution in [0.1, 0.15) is 12.7 Å². The zero-order valence-corrected chi connectivity index (χ0v) is 10.1. The number of nitrogens with zero attached hydrogens (tertiary/aromatic N) is 3. The first-order valence-corrected chi connectivity index (χ1v) is 5.57. The Morgan fingerprint density at radius 3 is 2.88 bits per heavy atom. The van der Waals surface area contributed by atoms with E-state index in [0.29, 0.717) is 19.0 Å². The van der Waals surface area contributed by atoms with Crippen LogP contribution < -0.4 is 10.5 Å². The summed E-state index contributed by atoms with van der Waals surface area (Å²) in [5.74, 6) is 2.28. The molecule has 17 heavy (non-hydrogen) atoms. The van der Waals surface area contributed by atoms with E-state index < -0.39 is 0 Å². The van der Waals surface area contributed by atoms with Crippen molar-refractivity contribution in [1.82, 2.24) is 14.8 Å². The van der Waals surface area contributed by atoms with Crippen molar-refractivity contribution in [1.29, 1.82) is 0 Å². The molecule has 5 heteroatoms. The fourth-order valence-electron chi connectivity index (χ4n) is 1.67. The van der Waals surface area contributed by atoms with E-state index in [-0.39, 0.29) is 0 Å². The molecule has 1 aromatic carbocycles. The Balaban J connectivity index is 2.37. The van der Waals surface area contributed by atoms with E-state index in [4.69, 9.17) is 10.5 Å². The average molecular weight is 232 g/mol. The van der Waals surface area contributed by atoms with E-state index in [1.807, 2.05) is 38.2 Å². The van der Waals surface area contributed by atoms with Crippen molar-refractivity contribution in [3.8, 4) is 17.1 Å². The Hall–Kier alpha value is -1.88. The number of benzene rings is 1. The molecule has 0 aliphatic heterocycles. The van der Waals surface area contributed by atoms with Crippen LogP contribution in [0.25, 0.3) is 11.4 Å². The molecule has 1 aromatic heterocycles. The first kappa shape index (κ1) is 11.6. The lowest BCUT2D eigenvalue weighted by Gasteiger charge is -2.05. The maximum atomic E-state index is 5.52. The molecule has 0 radical (unpaired) electrons. The second-order valence-electron chi connectivity index (χ2n) is 3.64. The fourth-order valence-corrected chi connectivity index (χ4v) is 1.67. The van der Waals surface area contributed by atoms with Crippen LogP contribution in [0.5, 0.6) is 5.75 Å². The molecule has 2 aromatic rings. The van der Waals surface area contributed by atoms with Gasteiger partial charge in [0.1, 0.15) is 5.75 Å². The molecule has 2 rings (SSSR count). The third-order valence-corrected chi connectivity index (χ3v) is 2.39. The van der Waals surface area contributed by atoms with Gasteiger partial charge in [-0.25, -0.2) is 9.67 Å². The smallest absolute Gasteiger partial charge is 0.164 e. The number of hydrogen-bond donors (Lipinski definition) is 1. The molecule has 0 unspecified atom stereocenters. The van der Waals surface area contributed by atoms with Crippen LogP contribution in [0, 0.1) is 0 Å². The average Bonchev–Trinajstić information content (AvgIpc) is 2.71. The Bertz CT molecular complexity index is 507. The highest BCUT2D eigenvalue weighted by atomic mass is 16.5. The Kier molecular flexibility index (Phi) is 3.39. The second-order valence-corrected chi connectivity index (χ2v) is 3.64. The molecule has 90 valence electrons. The van der Waals surface area contributed by atoms with Gasteiger partial charge < -0.3 is 10.5 Å². The van der Waals surface area contributed by atoms with Crippen LogP contribution >= 0.6 is 0 Å². The van der Waals surface area contributed by atoms with Crippen molar-refractivity contribution < 1.29 is 4.74 Å². The minimum Gasteiger partial charge on any atom is -0.494 e. The fraction of sp³-hybridized carbons (Fsp3) is 0.333. The van der Waals surface area contributed by atoms with Gasteiger partial charge in [-0.1, -0.05) is 12.1 Å². The summed E-state index contributed by atoms with van der Waals surface area (Å²) in [6, 6.07) is 7.80. The van der Waals surface area contributed by atoms with Crippen molar-refractivity contribution in [3.05, 3.63) is 30.1 Å². The topological polar surface area (TPSA) is 66.0 Å². The Morgan fingerprint density at radius 2 is 2.24 bits per heavy atom. The summed E-state index contributed by atoms with van der Waals surface area (Å²) < 4.78 is 7.19. The summed E-state index contributed by atoms with van der Waals surface area (Å²) in [4.78, 5) is 4.37. The quantitative estimate of drug-likeness (QED) is 0.863. The normalized spacial score (nSPS) is 10.5. The SMILES string of the molecule is CCOc1cccc(-c2nc(CN)nn2C)c1. The van der Waals surface area contributed by atoms with Gasteiger partial charge in [-0.2, -0.15) is 5.10 Å². The maximum absolute atomic E-state index is 5.52. The molecule has 0 aliphatic rings. The van der Waals surface area contributed by atoms with Crippen LogP contribution in [0.3, 0.4) is 0 Å². The number of nitrogens with two attached hydrogens (primary N) is 1. The zero-order chi connectivity index (χ0) is 12.3. The van der Waals surface area contributed by atoms with Gasteiger partial charge in [0.15, 0.2) is 11.6 Å². The lowest BCUT2D eigenvalue weighted by Crippen LogP contribution is -1.99. The van der Waals surface area contributed by atoms with Crippen molar-refractivity contribution in [2.24, 2.45) is 12.8 Å². The summed E-state index contributed by atoms with van der Waals surface area (Å²) in [6.45, 7) is 2.96. The standard InChI is InChI=1S/C12H16N4O/c1-3-17-10-6-4-5-9(7-10)12-14-11(8-13)15-16(12)2/h4-7H,3,8,13H2,1-2H3. The first-order chi connectivity index (χ1) is 8.24. The Labute approximate surface area is 100 Å². The number of hydrogen-bond acceptors (Lipinski definition) is 4. The largest absolute Gasteiger partial charge is 0.494 e. The van der Waals surface area contributed by atoms with E-state index in [9.17, 15) is 0 Å². The minimum atomic E-state index is 0.346. The van der Waals surface area contributed by atoms with Crippen molar-refractivity contribution in [2.75, 3.05) is 6.61 Å². The van der Waals surface area contributed by atoms with Gasteiger partial charge in [0.2, 0.25) is 0 Å². The second kappa shape index (κ2) is 4.97. The van der Waals surface area contributed by atoms with Gasteiger partial charge in [-0.15, -0.1) is 0 Å². The molecule has 0 saturated heterocycles. The highest BCUT2D eigenvalue weighted by Crippen LogP contribution is 2.22. The molecule has 5 nitrogen and oxygen atoms in total. The molecule has 0 bridgehead atoms. The van der Waals surface area contributed by atoms with Crippen LogP contribution in [0.15, 0.2) is 24.3 Å². The van der Waals surface area contributed by atoms with Gasteiger partial charge in [0, 0.05) is 12.6 Å². The predicted octanol–water partition coefficient (Wildman–Crippen LogP) is 1.34. The first-order valence-electron chi connectivity index (χ1n) is 5.57. The molecular weight excluding hydrogens is 216 g/mol. The molecule has 1 heterocycles. The van der Waals surface area contributed by atoms with E-state index in [1.54, 1.807) is 4.68 Å². The monoisotopic (exact) mass is 232 g/mol. The number of rotatable bonds is 4.